The van der Waals surface area contributed by atoms with Crippen molar-refractivity contribution in [1.29, 1.82) is 0 Å². The van der Waals surface area contributed by atoms with Crippen LogP contribution in [-0.4, -0.2) is 50.9 Å². The van der Waals surface area contributed by atoms with Gasteiger partial charge in [0, 0.05) is 18.7 Å². The number of nitrogens with one attached hydrogen (secondary N) is 1. The first-order valence-corrected chi connectivity index (χ1v) is 14.4. The predicted octanol–water partition coefficient (Wildman–Crippen LogP) is 4.53. The SMILES string of the molecule is CC[C@H](C)NC(=O)[C@@H](C)N(Cc1cccc(C)c1)C(=O)CN(c1cccc(OC)c1)S(=O)(=O)c1ccccc1. The van der Waals surface area contributed by atoms with E-state index in [0.717, 1.165) is 21.9 Å². The zero-order valence-corrected chi connectivity index (χ0v) is 23.9. The number of benzene rings is 3. The molecule has 0 spiro atoms. The molecule has 0 saturated heterocycles. The topological polar surface area (TPSA) is 96.0 Å². The van der Waals surface area contributed by atoms with Gasteiger partial charge in [0.2, 0.25) is 11.8 Å². The summed E-state index contributed by atoms with van der Waals surface area (Å²) in [5.41, 5.74) is 2.13. The lowest BCUT2D eigenvalue weighted by atomic mass is 10.1. The molecule has 8 nitrogen and oxygen atoms in total. The first kappa shape index (κ1) is 29.7. The van der Waals surface area contributed by atoms with Crippen molar-refractivity contribution in [2.75, 3.05) is 18.0 Å². The number of carbonyl (C=O) groups is 2. The van der Waals surface area contributed by atoms with Crippen molar-refractivity contribution >= 4 is 27.5 Å². The second-order valence-corrected chi connectivity index (χ2v) is 11.4. The Balaban J connectivity index is 2.03. The Labute approximate surface area is 231 Å². The summed E-state index contributed by atoms with van der Waals surface area (Å²) < 4.78 is 34.0. The summed E-state index contributed by atoms with van der Waals surface area (Å²) in [4.78, 5) is 28.6. The minimum atomic E-state index is -4.13. The van der Waals surface area contributed by atoms with Crippen molar-refractivity contribution in [3.8, 4) is 5.75 Å². The van der Waals surface area contributed by atoms with Crippen molar-refractivity contribution in [1.82, 2.24) is 10.2 Å². The molecule has 0 saturated carbocycles. The van der Waals surface area contributed by atoms with Gasteiger partial charge < -0.3 is 15.0 Å². The molecule has 0 unspecified atom stereocenters. The van der Waals surface area contributed by atoms with E-state index in [1.807, 2.05) is 45.0 Å². The summed E-state index contributed by atoms with van der Waals surface area (Å²) in [6.07, 6.45) is 0.739. The molecule has 0 aromatic heterocycles. The number of methoxy groups -OCH3 is 1. The third kappa shape index (κ3) is 7.60. The molecule has 39 heavy (non-hydrogen) atoms. The normalized spacial score (nSPS) is 12.7. The number of ether oxygens (including phenoxy) is 1. The standard InChI is InChI=1S/C30H37N3O5S/c1-6-23(3)31-30(35)24(4)32(20-25-13-10-12-22(2)18-25)29(34)21-33(26-14-11-15-27(19-26)38-5)39(36,37)28-16-8-7-9-17-28/h7-19,23-24H,6,20-21H2,1-5H3,(H,31,35)/t23-,24+/m0/s1. The largest absolute Gasteiger partial charge is 0.497 e. The number of hydrogen-bond acceptors (Lipinski definition) is 5. The van der Waals surface area contributed by atoms with Crippen LogP contribution in [0.15, 0.2) is 83.8 Å². The molecule has 2 amide bonds. The average molecular weight is 552 g/mol. The molecule has 0 bridgehead atoms. The lowest BCUT2D eigenvalue weighted by Crippen LogP contribution is -2.52. The number of aryl methyl sites for hydroxylation is 1. The molecule has 0 heterocycles. The number of nitrogens with zero attached hydrogens (tertiary/aromatic N) is 2. The zero-order valence-electron chi connectivity index (χ0n) is 23.1. The summed E-state index contributed by atoms with van der Waals surface area (Å²) in [5.74, 6) is -0.360. The molecule has 0 aliphatic heterocycles. The van der Waals surface area contributed by atoms with E-state index in [1.54, 1.807) is 49.4 Å². The lowest BCUT2D eigenvalue weighted by Gasteiger charge is -2.32. The number of carbonyl (C=O) groups excluding carboxylic acids is 2. The summed E-state index contributed by atoms with van der Waals surface area (Å²) in [6.45, 7) is 7.11. The Morgan fingerprint density at radius 1 is 0.949 bits per heavy atom. The van der Waals surface area contributed by atoms with Crippen molar-refractivity contribution < 1.29 is 22.7 Å². The number of amides is 2. The number of hydrogen-bond donors (Lipinski definition) is 1. The second kappa shape index (κ2) is 13.3. The minimum absolute atomic E-state index is 0.0495. The van der Waals surface area contributed by atoms with Crippen LogP contribution in [0.5, 0.6) is 5.75 Å². The second-order valence-electron chi connectivity index (χ2n) is 9.53. The number of rotatable bonds is 12. The van der Waals surface area contributed by atoms with Gasteiger partial charge in [-0.25, -0.2) is 8.42 Å². The van der Waals surface area contributed by atoms with Gasteiger partial charge in [-0.1, -0.05) is 61.0 Å². The van der Waals surface area contributed by atoms with Gasteiger partial charge in [-0.2, -0.15) is 0 Å². The fourth-order valence-corrected chi connectivity index (χ4v) is 5.50. The fourth-order valence-electron chi connectivity index (χ4n) is 4.07. The van der Waals surface area contributed by atoms with Crippen LogP contribution in [-0.2, 0) is 26.2 Å². The highest BCUT2D eigenvalue weighted by atomic mass is 32.2. The van der Waals surface area contributed by atoms with E-state index in [9.17, 15) is 18.0 Å². The molecule has 9 heteroatoms. The van der Waals surface area contributed by atoms with Gasteiger partial charge in [0.15, 0.2) is 0 Å². The molecular formula is C30H37N3O5S. The molecule has 3 rings (SSSR count). The predicted molar refractivity (Wildman–Crippen MR) is 153 cm³/mol. The molecule has 0 fully saturated rings. The fraction of sp³-hybridized carbons (Fsp3) is 0.333. The Hall–Kier alpha value is -3.85. The van der Waals surface area contributed by atoms with E-state index in [1.165, 1.54) is 24.1 Å². The maximum atomic E-state index is 14.0. The molecule has 0 aliphatic carbocycles. The van der Waals surface area contributed by atoms with Crippen molar-refractivity contribution in [3.05, 3.63) is 90.0 Å². The van der Waals surface area contributed by atoms with E-state index >= 15 is 0 Å². The third-order valence-electron chi connectivity index (χ3n) is 6.56. The maximum Gasteiger partial charge on any atom is 0.264 e. The van der Waals surface area contributed by atoms with Crippen LogP contribution < -0.4 is 14.4 Å². The molecular weight excluding hydrogens is 514 g/mol. The zero-order chi connectivity index (χ0) is 28.6. The van der Waals surface area contributed by atoms with Crippen LogP contribution in [0.2, 0.25) is 0 Å². The van der Waals surface area contributed by atoms with Crippen molar-refractivity contribution in [2.45, 2.75) is 57.6 Å². The minimum Gasteiger partial charge on any atom is -0.497 e. The maximum absolute atomic E-state index is 14.0. The van der Waals surface area contributed by atoms with Gasteiger partial charge in [0.25, 0.3) is 10.0 Å². The first-order valence-electron chi connectivity index (χ1n) is 12.9. The van der Waals surface area contributed by atoms with Crippen LogP contribution in [0, 0.1) is 6.92 Å². The monoisotopic (exact) mass is 551 g/mol. The van der Waals surface area contributed by atoms with E-state index in [-0.39, 0.29) is 29.1 Å². The van der Waals surface area contributed by atoms with Gasteiger partial charge in [-0.15, -0.1) is 0 Å². The number of sulfonamides is 1. The molecule has 0 aliphatic rings. The van der Waals surface area contributed by atoms with E-state index in [4.69, 9.17) is 4.74 Å². The van der Waals surface area contributed by atoms with Crippen LogP contribution in [0.4, 0.5) is 5.69 Å². The highest BCUT2D eigenvalue weighted by molar-refractivity contribution is 7.92. The molecule has 208 valence electrons. The quantitative estimate of drug-likeness (QED) is 0.357. The highest BCUT2D eigenvalue weighted by Gasteiger charge is 2.32. The molecule has 3 aromatic carbocycles. The van der Waals surface area contributed by atoms with Crippen LogP contribution >= 0.6 is 0 Å². The van der Waals surface area contributed by atoms with Crippen LogP contribution in [0.25, 0.3) is 0 Å². The Bertz CT molecular complexity index is 1380. The Morgan fingerprint density at radius 2 is 1.64 bits per heavy atom. The van der Waals surface area contributed by atoms with Gasteiger partial charge in [-0.05, 0) is 57.0 Å². The van der Waals surface area contributed by atoms with E-state index in [0.29, 0.717) is 5.75 Å². The van der Waals surface area contributed by atoms with Crippen LogP contribution in [0.3, 0.4) is 0 Å². The molecule has 3 aromatic rings. The summed E-state index contributed by atoms with van der Waals surface area (Å²) >= 11 is 0. The van der Waals surface area contributed by atoms with Gasteiger partial charge in [0.05, 0.1) is 17.7 Å². The molecule has 2 atom stereocenters. The summed E-state index contributed by atoms with van der Waals surface area (Å²) in [5, 5.41) is 2.94. The van der Waals surface area contributed by atoms with Gasteiger partial charge in [0.1, 0.15) is 18.3 Å². The van der Waals surface area contributed by atoms with E-state index < -0.39 is 28.5 Å². The molecule has 1 N–H and O–H groups in total. The lowest BCUT2D eigenvalue weighted by molar-refractivity contribution is -0.139. The smallest absolute Gasteiger partial charge is 0.264 e. The van der Waals surface area contributed by atoms with Crippen LogP contribution in [0.1, 0.15) is 38.3 Å². The Morgan fingerprint density at radius 3 is 2.28 bits per heavy atom. The highest BCUT2D eigenvalue weighted by Crippen LogP contribution is 2.27. The summed E-state index contributed by atoms with van der Waals surface area (Å²) in [7, 11) is -2.64. The van der Waals surface area contributed by atoms with E-state index in [2.05, 4.69) is 5.32 Å². The number of anilines is 1. The average Bonchev–Trinajstić information content (AvgIpc) is 2.94. The van der Waals surface area contributed by atoms with Crippen molar-refractivity contribution in [2.24, 2.45) is 0 Å². The third-order valence-corrected chi connectivity index (χ3v) is 8.34. The Kier molecular flexibility index (Phi) is 10.1. The summed E-state index contributed by atoms with van der Waals surface area (Å²) in [6, 6.07) is 21.3. The van der Waals surface area contributed by atoms with Gasteiger partial charge >= 0.3 is 0 Å². The van der Waals surface area contributed by atoms with Crippen molar-refractivity contribution in [3.63, 3.8) is 0 Å². The first-order chi connectivity index (χ1) is 18.6. The molecule has 0 radical (unpaired) electrons. The van der Waals surface area contributed by atoms with Gasteiger partial charge in [-0.3, -0.25) is 13.9 Å².